The minimum Gasteiger partial charge on any atom is -0.369 e. The Balaban J connectivity index is 1.95. The van der Waals surface area contributed by atoms with Crippen molar-refractivity contribution >= 4 is 17.4 Å². The molecule has 0 aromatic carbocycles. The van der Waals surface area contributed by atoms with Gasteiger partial charge in [0.1, 0.15) is 5.82 Å². The van der Waals surface area contributed by atoms with Crippen molar-refractivity contribution in [2.45, 2.75) is 32.7 Å². The fraction of sp³-hybridized carbons (Fsp3) is 0.538. The second-order valence-corrected chi connectivity index (χ2v) is 5.39. The predicted octanol–water partition coefficient (Wildman–Crippen LogP) is 0.523. The van der Waals surface area contributed by atoms with Crippen molar-refractivity contribution in [1.29, 1.82) is 0 Å². The van der Waals surface area contributed by atoms with Crippen LogP contribution < -0.4 is 10.6 Å². The summed E-state index contributed by atoms with van der Waals surface area (Å²) in [6.45, 7) is 4.63. The number of aromatic nitrogens is 4. The van der Waals surface area contributed by atoms with Gasteiger partial charge in [0.2, 0.25) is 5.91 Å². The lowest BCUT2D eigenvalue weighted by Crippen LogP contribution is -2.46. The Hall–Kier alpha value is -2.18. The first kappa shape index (κ1) is 12.8. The lowest BCUT2D eigenvalue weighted by Gasteiger charge is -2.37. The van der Waals surface area contributed by atoms with Crippen LogP contribution in [0.25, 0.3) is 5.65 Å². The minimum atomic E-state index is -0.233. The van der Waals surface area contributed by atoms with E-state index in [4.69, 9.17) is 5.73 Å². The molecule has 1 fully saturated rings. The summed E-state index contributed by atoms with van der Waals surface area (Å²) in [7, 11) is 0. The molecule has 2 N–H and O–H groups in total. The summed E-state index contributed by atoms with van der Waals surface area (Å²) in [5, 5.41) is 12.6. The van der Waals surface area contributed by atoms with Crippen molar-refractivity contribution in [1.82, 2.24) is 19.8 Å². The van der Waals surface area contributed by atoms with E-state index in [0.717, 1.165) is 30.1 Å². The number of fused-ring (bicyclic) bond motifs is 1. The maximum absolute atomic E-state index is 11.4. The molecule has 106 valence electrons. The largest absolute Gasteiger partial charge is 0.369 e. The van der Waals surface area contributed by atoms with Crippen molar-refractivity contribution in [3.05, 3.63) is 18.0 Å². The number of carbonyl (C=O) groups is 1. The lowest BCUT2D eigenvalue weighted by atomic mass is 9.93. The van der Waals surface area contributed by atoms with E-state index in [1.165, 1.54) is 0 Å². The van der Waals surface area contributed by atoms with E-state index >= 15 is 0 Å². The average Bonchev–Trinajstić information content (AvgIpc) is 2.80. The van der Waals surface area contributed by atoms with Crippen molar-refractivity contribution in [2.24, 2.45) is 11.7 Å². The van der Waals surface area contributed by atoms with E-state index < -0.39 is 0 Å². The van der Waals surface area contributed by atoms with Crippen LogP contribution in [0.3, 0.4) is 0 Å². The van der Waals surface area contributed by atoms with Crippen LogP contribution in [0.2, 0.25) is 0 Å². The molecule has 0 spiro atoms. The highest BCUT2D eigenvalue weighted by Gasteiger charge is 2.29. The van der Waals surface area contributed by atoms with E-state index in [2.05, 4.69) is 27.1 Å². The van der Waals surface area contributed by atoms with Crippen molar-refractivity contribution in [3.8, 4) is 0 Å². The van der Waals surface area contributed by atoms with Crippen molar-refractivity contribution < 1.29 is 4.79 Å². The molecule has 2 unspecified atom stereocenters. The average molecular weight is 274 g/mol. The molecular weight excluding hydrogens is 256 g/mol. The lowest BCUT2D eigenvalue weighted by molar-refractivity contribution is -0.122. The Kier molecular flexibility index (Phi) is 3.04. The summed E-state index contributed by atoms with van der Waals surface area (Å²) in [5.41, 5.74) is 6.16. The number of aryl methyl sites for hydroxylation is 1. The molecule has 2 aromatic heterocycles. The second-order valence-electron chi connectivity index (χ2n) is 5.39. The van der Waals surface area contributed by atoms with E-state index in [0.29, 0.717) is 12.6 Å². The zero-order valence-corrected chi connectivity index (χ0v) is 11.7. The molecule has 2 atom stereocenters. The molecule has 1 aliphatic heterocycles. The van der Waals surface area contributed by atoms with Crippen LogP contribution >= 0.6 is 0 Å². The first-order valence-corrected chi connectivity index (χ1v) is 6.81. The standard InChI is InChI=1S/C13H18N6O/c1-8-3-4-10(13(14)20)7-18(8)12-6-5-11-16-15-9(2)19(11)17-12/h5-6,8,10H,3-4,7H2,1-2H3,(H2,14,20). The molecule has 20 heavy (non-hydrogen) atoms. The highest BCUT2D eigenvalue weighted by molar-refractivity contribution is 5.77. The summed E-state index contributed by atoms with van der Waals surface area (Å²) in [4.78, 5) is 13.5. The van der Waals surface area contributed by atoms with Crippen molar-refractivity contribution in [3.63, 3.8) is 0 Å². The molecule has 3 rings (SSSR count). The molecule has 0 radical (unpaired) electrons. The maximum atomic E-state index is 11.4. The molecular formula is C13H18N6O. The highest BCUT2D eigenvalue weighted by Crippen LogP contribution is 2.26. The molecule has 3 heterocycles. The summed E-state index contributed by atoms with van der Waals surface area (Å²) in [5.74, 6) is 1.24. The van der Waals surface area contributed by atoms with Gasteiger partial charge in [-0.3, -0.25) is 4.79 Å². The molecule has 0 aliphatic carbocycles. The number of nitrogens with zero attached hydrogens (tertiary/aromatic N) is 5. The number of nitrogens with two attached hydrogens (primary N) is 1. The topological polar surface area (TPSA) is 89.4 Å². The van der Waals surface area contributed by atoms with Gasteiger partial charge in [-0.15, -0.1) is 15.3 Å². The van der Waals surface area contributed by atoms with E-state index in [-0.39, 0.29) is 11.8 Å². The number of hydrogen-bond acceptors (Lipinski definition) is 5. The number of piperidine rings is 1. The van der Waals surface area contributed by atoms with Crippen LogP contribution in [0.1, 0.15) is 25.6 Å². The third-order valence-electron chi connectivity index (χ3n) is 3.98. The van der Waals surface area contributed by atoms with E-state index in [1.807, 2.05) is 19.1 Å². The van der Waals surface area contributed by atoms with Crippen LogP contribution in [0.4, 0.5) is 5.82 Å². The normalized spacial score (nSPS) is 23.2. The second kappa shape index (κ2) is 4.73. The summed E-state index contributed by atoms with van der Waals surface area (Å²) in [6, 6.07) is 4.15. The maximum Gasteiger partial charge on any atom is 0.222 e. The van der Waals surface area contributed by atoms with E-state index in [1.54, 1.807) is 4.52 Å². The minimum absolute atomic E-state index is 0.106. The molecule has 1 amide bonds. The van der Waals surface area contributed by atoms with Gasteiger partial charge in [0, 0.05) is 12.6 Å². The third-order valence-corrected chi connectivity index (χ3v) is 3.98. The summed E-state index contributed by atoms with van der Waals surface area (Å²) < 4.78 is 1.72. The Morgan fingerprint density at radius 3 is 2.90 bits per heavy atom. The smallest absolute Gasteiger partial charge is 0.222 e. The Morgan fingerprint density at radius 1 is 1.35 bits per heavy atom. The number of carbonyl (C=O) groups excluding carboxylic acids is 1. The number of amides is 1. The Labute approximate surface area is 116 Å². The van der Waals surface area contributed by atoms with Crippen LogP contribution in [0, 0.1) is 12.8 Å². The first-order chi connectivity index (χ1) is 9.56. The van der Waals surface area contributed by atoms with Gasteiger partial charge in [0.05, 0.1) is 5.92 Å². The highest BCUT2D eigenvalue weighted by atomic mass is 16.1. The van der Waals surface area contributed by atoms with Gasteiger partial charge >= 0.3 is 0 Å². The fourth-order valence-corrected chi connectivity index (χ4v) is 2.70. The van der Waals surface area contributed by atoms with Gasteiger partial charge in [0.25, 0.3) is 0 Å². The van der Waals surface area contributed by atoms with Crippen LogP contribution in [0.15, 0.2) is 12.1 Å². The zero-order valence-electron chi connectivity index (χ0n) is 11.7. The van der Waals surface area contributed by atoms with Crippen LogP contribution in [0.5, 0.6) is 0 Å². The van der Waals surface area contributed by atoms with E-state index in [9.17, 15) is 4.79 Å². The van der Waals surface area contributed by atoms with Gasteiger partial charge < -0.3 is 10.6 Å². The van der Waals surface area contributed by atoms with Crippen molar-refractivity contribution in [2.75, 3.05) is 11.4 Å². The molecule has 2 aromatic rings. The first-order valence-electron chi connectivity index (χ1n) is 6.81. The quantitative estimate of drug-likeness (QED) is 0.862. The molecule has 0 saturated carbocycles. The summed E-state index contributed by atoms with van der Waals surface area (Å²) in [6.07, 6.45) is 1.79. The van der Waals surface area contributed by atoms with Gasteiger partial charge in [-0.25, -0.2) is 0 Å². The summed E-state index contributed by atoms with van der Waals surface area (Å²) >= 11 is 0. The molecule has 7 nitrogen and oxygen atoms in total. The Bertz CT molecular complexity index is 651. The SMILES string of the molecule is Cc1nnc2ccc(N3CC(C(N)=O)CCC3C)nn12. The zero-order chi connectivity index (χ0) is 14.3. The van der Waals surface area contributed by atoms with Gasteiger partial charge in [-0.1, -0.05) is 0 Å². The number of primary amides is 1. The van der Waals surface area contributed by atoms with Gasteiger partial charge in [-0.2, -0.15) is 4.52 Å². The predicted molar refractivity (Wildman–Crippen MR) is 74.2 cm³/mol. The van der Waals surface area contributed by atoms with Gasteiger partial charge in [-0.05, 0) is 38.8 Å². The third kappa shape index (κ3) is 2.09. The van der Waals surface area contributed by atoms with Gasteiger partial charge in [0.15, 0.2) is 11.5 Å². The molecule has 0 bridgehead atoms. The molecule has 7 heteroatoms. The fourth-order valence-electron chi connectivity index (χ4n) is 2.70. The molecule has 1 saturated heterocycles. The monoisotopic (exact) mass is 274 g/mol. The Morgan fingerprint density at radius 2 is 2.15 bits per heavy atom. The number of hydrogen-bond donors (Lipinski definition) is 1. The van der Waals surface area contributed by atoms with Crippen LogP contribution in [-0.2, 0) is 4.79 Å². The number of anilines is 1. The number of rotatable bonds is 2. The van der Waals surface area contributed by atoms with Crippen LogP contribution in [-0.4, -0.2) is 38.3 Å². The molecule has 1 aliphatic rings.